The second-order valence-electron chi connectivity index (χ2n) is 3.83. The number of carbonyl (C=O) groups is 1. The number of hydrogen-bond donors (Lipinski definition) is 2. The zero-order valence-electron chi connectivity index (χ0n) is 8.91. The highest BCUT2D eigenvalue weighted by Gasteiger charge is 2.37. The summed E-state index contributed by atoms with van der Waals surface area (Å²) in [5.41, 5.74) is 6.05. The molecule has 2 rings (SSSR count). The van der Waals surface area contributed by atoms with Gasteiger partial charge in [0.15, 0.2) is 0 Å². The van der Waals surface area contributed by atoms with Crippen molar-refractivity contribution >= 4 is 27.4 Å². The predicted octanol–water partition coefficient (Wildman–Crippen LogP) is -0.942. The average Bonchev–Trinajstić information content (AvgIpc) is 2.61. The first-order chi connectivity index (χ1) is 7.89. The van der Waals surface area contributed by atoms with Crippen LogP contribution in [-0.4, -0.2) is 31.1 Å². The van der Waals surface area contributed by atoms with E-state index < -0.39 is 15.3 Å². The number of nitrogens with zero attached hydrogens (tertiary/aromatic N) is 2. The molecule has 0 bridgehead atoms. The third kappa shape index (κ3) is 2.22. The smallest absolute Gasteiger partial charge is 0.228 e. The Hall–Kier alpha value is -1.67. The molecule has 0 radical (unpaired) electrons. The van der Waals surface area contributed by atoms with Crippen molar-refractivity contribution in [3.8, 4) is 0 Å². The Labute approximate surface area is 98.5 Å². The summed E-state index contributed by atoms with van der Waals surface area (Å²) in [6.07, 6.45) is 1.38. The topological polar surface area (TPSA) is 119 Å². The third-order valence-corrected chi connectivity index (χ3v) is 3.91. The maximum absolute atomic E-state index is 11.7. The first kappa shape index (κ1) is 11.8. The molecule has 4 N–H and O–H groups in total. The van der Waals surface area contributed by atoms with Crippen LogP contribution in [0.1, 0.15) is 6.42 Å². The van der Waals surface area contributed by atoms with Gasteiger partial charge >= 0.3 is 0 Å². The van der Waals surface area contributed by atoms with Crippen LogP contribution in [0.15, 0.2) is 18.3 Å². The molecule has 1 fully saturated rings. The van der Waals surface area contributed by atoms with E-state index in [0.717, 1.165) is 0 Å². The van der Waals surface area contributed by atoms with Crippen molar-refractivity contribution in [1.29, 1.82) is 0 Å². The van der Waals surface area contributed by atoms with Crippen molar-refractivity contribution in [3.63, 3.8) is 0 Å². The van der Waals surface area contributed by atoms with E-state index in [1.807, 2.05) is 0 Å². The summed E-state index contributed by atoms with van der Waals surface area (Å²) in [4.78, 5) is 16.9. The van der Waals surface area contributed by atoms with E-state index in [4.69, 9.17) is 10.9 Å². The third-order valence-electron chi connectivity index (χ3n) is 2.66. The van der Waals surface area contributed by atoms with Crippen LogP contribution in [0.2, 0.25) is 0 Å². The molecule has 17 heavy (non-hydrogen) atoms. The Morgan fingerprint density at radius 1 is 1.47 bits per heavy atom. The molecule has 1 amide bonds. The number of rotatable bonds is 2. The quantitative estimate of drug-likeness (QED) is 0.707. The molecular formula is C9H12N4O3S. The lowest BCUT2D eigenvalue weighted by Gasteiger charge is -2.17. The lowest BCUT2D eigenvalue weighted by atomic mass is 10.3. The number of carbonyl (C=O) groups excluding carboxylic acids is 1. The number of nitrogens with two attached hydrogens (primary N) is 2. The molecule has 8 heteroatoms. The predicted molar refractivity (Wildman–Crippen MR) is 62.5 cm³/mol. The minimum absolute atomic E-state index is 0.0214. The molecular weight excluding hydrogens is 244 g/mol. The molecule has 92 valence electrons. The van der Waals surface area contributed by atoms with Gasteiger partial charge in [0.2, 0.25) is 15.9 Å². The number of nitrogen functional groups attached to an aromatic ring is 1. The summed E-state index contributed by atoms with van der Waals surface area (Å²) < 4.78 is 22.4. The van der Waals surface area contributed by atoms with Crippen LogP contribution in [0.25, 0.3) is 0 Å². The average molecular weight is 256 g/mol. The second-order valence-corrected chi connectivity index (χ2v) is 5.67. The van der Waals surface area contributed by atoms with Crippen molar-refractivity contribution in [2.75, 3.05) is 17.2 Å². The minimum Gasteiger partial charge on any atom is -0.382 e. The number of pyridine rings is 1. The van der Waals surface area contributed by atoms with Crippen molar-refractivity contribution in [3.05, 3.63) is 18.3 Å². The molecule has 1 atom stereocenters. The molecule has 1 aromatic rings. The summed E-state index contributed by atoms with van der Waals surface area (Å²) in [5.74, 6) is -0.125. The molecule has 0 aliphatic carbocycles. The molecule has 1 unspecified atom stereocenters. The fourth-order valence-corrected chi connectivity index (χ4v) is 2.50. The van der Waals surface area contributed by atoms with Crippen LogP contribution < -0.4 is 15.8 Å². The lowest BCUT2D eigenvalue weighted by Crippen LogP contribution is -2.32. The van der Waals surface area contributed by atoms with Crippen molar-refractivity contribution < 1.29 is 13.2 Å². The van der Waals surface area contributed by atoms with Gasteiger partial charge in [-0.3, -0.25) is 4.79 Å². The highest BCUT2D eigenvalue weighted by Crippen LogP contribution is 2.27. The summed E-state index contributed by atoms with van der Waals surface area (Å²) in [5, 5.41) is 4.15. The molecule has 2 heterocycles. The van der Waals surface area contributed by atoms with E-state index in [9.17, 15) is 13.2 Å². The van der Waals surface area contributed by atoms with Gasteiger partial charge in [-0.1, -0.05) is 0 Å². The highest BCUT2D eigenvalue weighted by atomic mass is 32.2. The Kier molecular flexibility index (Phi) is 2.76. The molecule has 0 spiro atoms. The van der Waals surface area contributed by atoms with Crippen LogP contribution >= 0.6 is 0 Å². The van der Waals surface area contributed by atoms with Gasteiger partial charge in [0, 0.05) is 19.2 Å². The van der Waals surface area contributed by atoms with Crippen molar-refractivity contribution in [1.82, 2.24) is 4.98 Å². The number of amides is 1. The maximum Gasteiger partial charge on any atom is 0.228 e. The Morgan fingerprint density at radius 3 is 2.71 bits per heavy atom. The van der Waals surface area contributed by atoms with E-state index in [-0.39, 0.29) is 24.7 Å². The highest BCUT2D eigenvalue weighted by molar-refractivity contribution is 7.89. The van der Waals surface area contributed by atoms with E-state index in [0.29, 0.717) is 5.69 Å². The fourth-order valence-electron chi connectivity index (χ4n) is 1.76. The largest absolute Gasteiger partial charge is 0.382 e. The molecule has 1 saturated heterocycles. The minimum atomic E-state index is -3.71. The molecule has 0 saturated carbocycles. The number of sulfonamides is 1. The zero-order valence-corrected chi connectivity index (χ0v) is 9.72. The first-order valence-electron chi connectivity index (χ1n) is 4.92. The Balaban J connectivity index is 2.31. The van der Waals surface area contributed by atoms with Gasteiger partial charge in [-0.05, 0) is 12.1 Å². The maximum atomic E-state index is 11.7. The number of anilines is 2. The van der Waals surface area contributed by atoms with Crippen molar-refractivity contribution in [2.24, 2.45) is 5.14 Å². The molecule has 7 nitrogen and oxygen atoms in total. The SMILES string of the molecule is Nc1ncccc1N1CC(S(N)(=O)=O)CC1=O. The second kappa shape index (κ2) is 3.97. The first-order valence-corrected chi connectivity index (χ1v) is 6.53. The van der Waals surface area contributed by atoms with E-state index >= 15 is 0 Å². The summed E-state index contributed by atoms with van der Waals surface area (Å²) >= 11 is 0. The summed E-state index contributed by atoms with van der Waals surface area (Å²) in [6, 6.07) is 3.25. The summed E-state index contributed by atoms with van der Waals surface area (Å²) in [6.45, 7) is 0.0214. The lowest BCUT2D eigenvalue weighted by molar-refractivity contribution is -0.117. The van der Waals surface area contributed by atoms with Crippen LogP contribution in [0.5, 0.6) is 0 Å². The van der Waals surface area contributed by atoms with Crippen LogP contribution in [0.4, 0.5) is 11.5 Å². The van der Waals surface area contributed by atoms with Gasteiger partial charge in [0.1, 0.15) is 11.1 Å². The van der Waals surface area contributed by atoms with Gasteiger partial charge in [-0.25, -0.2) is 18.5 Å². The van der Waals surface area contributed by atoms with Gasteiger partial charge in [-0.15, -0.1) is 0 Å². The Morgan fingerprint density at radius 2 is 2.18 bits per heavy atom. The van der Waals surface area contributed by atoms with E-state index in [1.165, 1.54) is 11.1 Å². The molecule has 0 aromatic carbocycles. The number of primary sulfonamides is 1. The normalized spacial score (nSPS) is 20.9. The summed E-state index contributed by atoms with van der Waals surface area (Å²) in [7, 11) is -3.71. The monoisotopic (exact) mass is 256 g/mol. The van der Waals surface area contributed by atoms with Crippen LogP contribution in [0, 0.1) is 0 Å². The van der Waals surface area contributed by atoms with Gasteiger partial charge < -0.3 is 10.6 Å². The van der Waals surface area contributed by atoms with Gasteiger partial charge in [0.25, 0.3) is 0 Å². The Bertz CT molecular complexity index is 557. The molecule has 1 aliphatic rings. The molecule has 1 aromatic heterocycles. The van der Waals surface area contributed by atoms with Gasteiger partial charge in [-0.2, -0.15) is 0 Å². The van der Waals surface area contributed by atoms with Crippen molar-refractivity contribution in [2.45, 2.75) is 11.7 Å². The van der Waals surface area contributed by atoms with Crippen LogP contribution in [-0.2, 0) is 14.8 Å². The fraction of sp³-hybridized carbons (Fsp3) is 0.333. The molecule has 1 aliphatic heterocycles. The van der Waals surface area contributed by atoms with E-state index in [2.05, 4.69) is 4.98 Å². The standard InChI is InChI=1S/C9H12N4O3S/c10-9-7(2-1-3-12-9)13-5-6(4-8(13)14)17(11,15)16/h1-3,6H,4-5H2,(H2,10,12)(H2,11,15,16). The van der Waals surface area contributed by atoms with E-state index in [1.54, 1.807) is 12.1 Å². The number of aromatic nitrogens is 1. The van der Waals surface area contributed by atoms with Gasteiger partial charge in [0.05, 0.1) is 5.69 Å². The number of hydrogen-bond acceptors (Lipinski definition) is 5. The zero-order chi connectivity index (χ0) is 12.6. The van der Waals surface area contributed by atoms with Crippen LogP contribution in [0.3, 0.4) is 0 Å².